The van der Waals surface area contributed by atoms with Gasteiger partial charge in [0.2, 0.25) is 0 Å². The van der Waals surface area contributed by atoms with Crippen molar-refractivity contribution in [1.29, 1.82) is 0 Å². The van der Waals surface area contributed by atoms with Crippen molar-refractivity contribution in [2.75, 3.05) is 0 Å². The van der Waals surface area contributed by atoms with Crippen LogP contribution in [0.15, 0.2) is 35.4 Å². The van der Waals surface area contributed by atoms with Gasteiger partial charge in [-0.25, -0.2) is 0 Å². The van der Waals surface area contributed by atoms with Crippen LogP contribution in [0.1, 0.15) is 0 Å². The number of aliphatic carboxylic acids is 1. The van der Waals surface area contributed by atoms with Gasteiger partial charge in [-0.2, -0.15) is 5.10 Å². The molecule has 0 radical (unpaired) electrons. The van der Waals surface area contributed by atoms with Gasteiger partial charge in [-0.15, -0.1) is 0 Å². The molecule has 2 rings (SSSR count). The van der Waals surface area contributed by atoms with Gasteiger partial charge < -0.3 is 9.52 Å². The zero-order valence-electron chi connectivity index (χ0n) is 7.25. The van der Waals surface area contributed by atoms with E-state index in [9.17, 15) is 4.79 Å². The van der Waals surface area contributed by atoms with Crippen LogP contribution in [0.3, 0.4) is 0 Å². The standard InChI is InChI=1S/C9H8N2O3/c12-9(13)5-11-4-8(3-10-11)7-1-2-14-6-7/h1-4,6H,5H2,(H,12,13). The highest BCUT2D eigenvalue weighted by Gasteiger charge is 2.04. The first-order chi connectivity index (χ1) is 6.75. The van der Waals surface area contributed by atoms with Crippen LogP contribution in [-0.4, -0.2) is 20.9 Å². The van der Waals surface area contributed by atoms with Gasteiger partial charge in [-0.05, 0) is 6.07 Å². The van der Waals surface area contributed by atoms with Crippen LogP contribution in [0.25, 0.3) is 11.1 Å². The van der Waals surface area contributed by atoms with Crippen LogP contribution < -0.4 is 0 Å². The third-order valence-electron chi connectivity index (χ3n) is 1.79. The summed E-state index contributed by atoms with van der Waals surface area (Å²) in [4.78, 5) is 10.4. The molecule has 0 saturated heterocycles. The van der Waals surface area contributed by atoms with Crippen molar-refractivity contribution < 1.29 is 14.3 Å². The van der Waals surface area contributed by atoms with Gasteiger partial charge in [0.05, 0.1) is 18.7 Å². The molecule has 0 unspecified atom stereocenters. The first kappa shape index (κ1) is 8.55. The normalized spacial score (nSPS) is 10.3. The molecular weight excluding hydrogens is 184 g/mol. The van der Waals surface area contributed by atoms with Crippen molar-refractivity contribution in [3.63, 3.8) is 0 Å². The lowest BCUT2D eigenvalue weighted by molar-refractivity contribution is -0.137. The summed E-state index contributed by atoms with van der Waals surface area (Å²) in [5, 5.41) is 12.4. The van der Waals surface area contributed by atoms with E-state index in [-0.39, 0.29) is 6.54 Å². The first-order valence-electron chi connectivity index (χ1n) is 4.02. The summed E-state index contributed by atoms with van der Waals surface area (Å²) in [6, 6.07) is 1.79. The minimum Gasteiger partial charge on any atom is -0.480 e. The fourth-order valence-electron chi connectivity index (χ4n) is 1.17. The molecular formula is C9H8N2O3. The molecule has 14 heavy (non-hydrogen) atoms. The van der Waals surface area contributed by atoms with E-state index in [4.69, 9.17) is 9.52 Å². The van der Waals surface area contributed by atoms with Crippen LogP contribution in [0, 0.1) is 0 Å². The molecule has 0 amide bonds. The second-order valence-corrected chi connectivity index (χ2v) is 2.83. The number of aromatic nitrogens is 2. The third-order valence-corrected chi connectivity index (χ3v) is 1.79. The van der Waals surface area contributed by atoms with Crippen LogP contribution in [0.5, 0.6) is 0 Å². The highest BCUT2D eigenvalue weighted by atomic mass is 16.4. The Hall–Kier alpha value is -2.04. The topological polar surface area (TPSA) is 68.3 Å². The summed E-state index contributed by atoms with van der Waals surface area (Å²) in [5.41, 5.74) is 1.74. The molecule has 0 aliphatic rings. The Morgan fingerprint density at radius 1 is 1.57 bits per heavy atom. The second kappa shape index (κ2) is 3.37. The maximum atomic E-state index is 10.4. The van der Waals surface area contributed by atoms with Crippen LogP contribution in [-0.2, 0) is 11.3 Å². The van der Waals surface area contributed by atoms with E-state index in [1.54, 1.807) is 31.0 Å². The fraction of sp³-hybridized carbons (Fsp3) is 0.111. The predicted molar refractivity (Wildman–Crippen MR) is 47.6 cm³/mol. The second-order valence-electron chi connectivity index (χ2n) is 2.83. The van der Waals surface area contributed by atoms with Crippen LogP contribution in [0.4, 0.5) is 0 Å². The molecule has 5 heteroatoms. The average Bonchev–Trinajstić information content (AvgIpc) is 2.69. The molecule has 0 spiro atoms. The minimum atomic E-state index is -0.910. The zero-order valence-corrected chi connectivity index (χ0v) is 7.25. The summed E-state index contributed by atoms with van der Waals surface area (Å²) in [6.45, 7) is -0.127. The van der Waals surface area contributed by atoms with Crippen molar-refractivity contribution in [3.8, 4) is 11.1 Å². The number of furan rings is 1. The number of hydrogen-bond donors (Lipinski definition) is 1. The lowest BCUT2D eigenvalue weighted by Gasteiger charge is -1.92. The third kappa shape index (κ3) is 1.66. The lowest BCUT2D eigenvalue weighted by Crippen LogP contribution is -2.08. The number of carboxylic acid groups (broad SMARTS) is 1. The molecule has 0 bridgehead atoms. The van der Waals surface area contributed by atoms with Gasteiger partial charge in [0.15, 0.2) is 0 Å². The lowest BCUT2D eigenvalue weighted by atomic mass is 10.2. The molecule has 72 valence electrons. The number of carbonyl (C=O) groups is 1. The summed E-state index contributed by atoms with van der Waals surface area (Å²) in [6.07, 6.45) is 6.42. The molecule has 0 aliphatic carbocycles. The van der Waals surface area contributed by atoms with E-state index in [0.29, 0.717) is 0 Å². The molecule has 0 saturated carbocycles. The summed E-state index contributed by atoms with van der Waals surface area (Å²) in [5.74, 6) is -0.910. The number of hydrogen-bond acceptors (Lipinski definition) is 3. The smallest absolute Gasteiger partial charge is 0.325 e. The van der Waals surface area contributed by atoms with E-state index in [1.807, 2.05) is 0 Å². The zero-order chi connectivity index (χ0) is 9.97. The molecule has 0 atom stereocenters. The van der Waals surface area contributed by atoms with Gasteiger partial charge in [-0.1, -0.05) is 0 Å². The molecule has 1 N–H and O–H groups in total. The van der Waals surface area contributed by atoms with Gasteiger partial charge in [0.25, 0.3) is 0 Å². The Morgan fingerprint density at radius 2 is 2.43 bits per heavy atom. The Kier molecular flexibility index (Phi) is 2.06. The van der Waals surface area contributed by atoms with Crippen molar-refractivity contribution in [2.45, 2.75) is 6.54 Å². The quantitative estimate of drug-likeness (QED) is 0.794. The van der Waals surface area contributed by atoms with Gasteiger partial charge in [0, 0.05) is 17.3 Å². The van der Waals surface area contributed by atoms with E-state index >= 15 is 0 Å². The molecule has 2 heterocycles. The highest BCUT2D eigenvalue weighted by Crippen LogP contribution is 2.18. The van der Waals surface area contributed by atoms with Crippen molar-refractivity contribution in [1.82, 2.24) is 9.78 Å². The summed E-state index contributed by atoms with van der Waals surface area (Å²) >= 11 is 0. The van der Waals surface area contributed by atoms with Crippen LogP contribution in [0.2, 0.25) is 0 Å². The Labute approximate surface area is 79.6 Å². The molecule has 0 fully saturated rings. The van der Waals surface area contributed by atoms with Gasteiger partial charge in [0.1, 0.15) is 6.54 Å². The van der Waals surface area contributed by atoms with Crippen LogP contribution >= 0.6 is 0 Å². The SMILES string of the molecule is O=C(O)Cn1cc(-c2ccoc2)cn1. The van der Waals surface area contributed by atoms with E-state index in [0.717, 1.165) is 11.1 Å². The van der Waals surface area contributed by atoms with E-state index in [2.05, 4.69) is 5.10 Å². The predicted octanol–water partition coefficient (Wildman–Crippen LogP) is 1.23. The summed E-state index contributed by atoms with van der Waals surface area (Å²) < 4.78 is 6.27. The summed E-state index contributed by atoms with van der Waals surface area (Å²) in [7, 11) is 0. The Bertz CT molecular complexity index is 431. The Balaban J connectivity index is 2.22. The van der Waals surface area contributed by atoms with Crippen molar-refractivity contribution >= 4 is 5.97 Å². The molecule has 2 aromatic heterocycles. The fourth-order valence-corrected chi connectivity index (χ4v) is 1.17. The van der Waals surface area contributed by atoms with Crippen molar-refractivity contribution in [2.24, 2.45) is 0 Å². The first-order valence-corrected chi connectivity index (χ1v) is 4.02. The Morgan fingerprint density at radius 3 is 3.07 bits per heavy atom. The van der Waals surface area contributed by atoms with Gasteiger partial charge in [-0.3, -0.25) is 9.48 Å². The molecule has 0 aliphatic heterocycles. The largest absolute Gasteiger partial charge is 0.480 e. The number of nitrogens with zero attached hydrogens (tertiary/aromatic N) is 2. The maximum absolute atomic E-state index is 10.4. The van der Waals surface area contributed by atoms with E-state index < -0.39 is 5.97 Å². The number of rotatable bonds is 3. The molecule has 5 nitrogen and oxygen atoms in total. The minimum absolute atomic E-state index is 0.127. The maximum Gasteiger partial charge on any atom is 0.325 e. The molecule has 0 aromatic carbocycles. The monoisotopic (exact) mass is 192 g/mol. The van der Waals surface area contributed by atoms with Gasteiger partial charge >= 0.3 is 5.97 Å². The average molecular weight is 192 g/mol. The highest BCUT2D eigenvalue weighted by molar-refractivity contribution is 5.67. The van der Waals surface area contributed by atoms with E-state index in [1.165, 1.54) is 4.68 Å². The van der Waals surface area contributed by atoms with Crippen molar-refractivity contribution in [3.05, 3.63) is 31.0 Å². The number of carboxylic acids is 1. The molecule has 2 aromatic rings.